The molecule has 1 aromatic rings. The Bertz CT molecular complexity index is 452. The zero-order chi connectivity index (χ0) is 15.5. The molecule has 0 saturated carbocycles. The molecule has 1 N–H and O–H groups in total. The standard InChI is InChI=1S/C18H26O3/c1-2-3-4-5-6-7-8-12-17(19)14-15-10-9-11-16(13-15)18(20)21/h9-11,13H,2-8,12,14H2,1H3,(H,20,21). The molecule has 0 spiro atoms. The van der Waals surface area contributed by atoms with Crippen molar-refractivity contribution in [2.45, 2.75) is 64.7 Å². The lowest BCUT2D eigenvalue weighted by atomic mass is 10.0. The van der Waals surface area contributed by atoms with Crippen LogP contribution in [0.5, 0.6) is 0 Å². The van der Waals surface area contributed by atoms with Crippen LogP contribution in [-0.4, -0.2) is 16.9 Å². The van der Waals surface area contributed by atoms with E-state index in [0.29, 0.717) is 12.8 Å². The number of carboxylic acid groups (broad SMARTS) is 1. The number of rotatable bonds is 11. The smallest absolute Gasteiger partial charge is 0.335 e. The molecule has 0 fully saturated rings. The molecule has 21 heavy (non-hydrogen) atoms. The number of benzene rings is 1. The van der Waals surface area contributed by atoms with Crippen molar-refractivity contribution in [1.82, 2.24) is 0 Å². The van der Waals surface area contributed by atoms with Crippen LogP contribution in [0.1, 0.15) is 74.2 Å². The topological polar surface area (TPSA) is 54.4 Å². The largest absolute Gasteiger partial charge is 0.478 e. The van der Waals surface area contributed by atoms with Crippen molar-refractivity contribution in [2.24, 2.45) is 0 Å². The first-order chi connectivity index (χ1) is 10.1. The minimum Gasteiger partial charge on any atom is -0.478 e. The molecule has 3 heteroatoms. The summed E-state index contributed by atoms with van der Waals surface area (Å²) in [5.74, 6) is -0.748. The fraction of sp³-hybridized carbons (Fsp3) is 0.556. The van der Waals surface area contributed by atoms with Gasteiger partial charge in [-0.15, -0.1) is 0 Å². The van der Waals surface area contributed by atoms with E-state index in [-0.39, 0.29) is 11.3 Å². The predicted molar refractivity (Wildman–Crippen MR) is 84.7 cm³/mol. The van der Waals surface area contributed by atoms with E-state index in [1.807, 2.05) is 6.07 Å². The number of carboxylic acids is 1. The lowest BCUT2D eigenvalue weighted by Crippen LogP contribution is -2.04. The van der Waals surface area contributed by atoms with E-state index in [2.05, 4.69) is 6.92 Å². The van der Waals surface area contributed by atoms with Gasteiger partial charge in [0, 0.05) is 12.8 Å². The molecule has 116 valence electrons. The van der Waals surface area contributed by atoms with Crippen molar-refractivity contribution in [3.8, 4) is 0 Å². The molecule has 1 rings (SSSR count). The van der Waals surface area contributed by atoms with Gasteiger partial charge in [-0.25, -0.2) is 4.79 Å². The molecule has 0 saturated heterocycles. The average molecular weight is 290 g/mol. The molecular formula is C18H26O3. The van der Waals surface area contributed by atoms with Gasteiger partial charge in [0.05, 0.1) is 5.56 Å². The number of carbonyl (C=O) groups excluding carboxylic acids is 1. The first kappa shape index (κ1) is 17.4. The predicted octanol–water partition coefficient (Wildman–Crippen LogP) is 4.64. The van der Waals surface area contributed by atoms with E-state index in [1.165, 1.54) is 32.1 Å². The van der Waals surface area contributed by atoms with E-state index >= 15 is 0 Å². The van der Waals surface area contributed by atoms with Crippen LogP contribution >= 0.6 is 0 Å². The molecule has 0 unspecified atom stereocenters. The van der Waals surface area contributed by atoms with Gasteiger partial charge in [-0.3, -0.25) is 4.79 Å². The summed E-state index contributed by atoms with van der Waals surface area (Å²) in [5.41, 5.74) is 1.04. The van der Waals surface area contributed by atoms with Gasteiger partial charge in [0.25, 0.3) is 0 Å². The van der Waals surface area contributed by atoms with Crippen molar-refractivity contribution in [1.29, 1.82) is 0 Å². The van der Waals surface area contributed by atoms with E-state index in [0.717, 1.165) is 18.4 Å². The van der Waals surface area contributed by atoms with Crippen LogP contribution < -0.4 is 0 Å². The third-order valence-corrected chi connectivity index (χ3v) is 3.63. The van der Waals surface area contributed by atoms with Crippen molar-refractivity contribution in [3.63, 3.8) is 0 Å². The molecule has 0 bridgehead atoms. The maximum absolute atomic E-state index is 11.9. The number of hydrogen-bond donors (Lipinski definition) is 1. The molecule has 1 aromatic carbocycles. The van der Waals surface area contributed by atoms with Crippen LogP contribution in [0.25, 0.3) is 0 Å². The van der Waals surface area contributed by atoms with Crippen molar-refractivity contribution >= 4 is 11.8 Å². The highest BCUT2D eigenvalue weighted by molar-refractivity contribution is 5.88. The Morgan fingerprint density at radius 1 is 1.00 bits per heavy atom. The second kappa shape index (κ2) is 10.1. The Morgan fingerprint density at radius 3 is 2.33 bits per heavy atom. The maximum atomic E-state index is 11.9. The third-order valence-electron chi connectivity index (χ3n) is 3.63. The summed E-state index contributed by atoms with van der Waals surface area (Å²) in [6.07, 6.45) is 9.35. The molecule has 0 radical (unpaired) electrons. The first-order valence-electron chi connectivity index (χ1n) is 7.97. The Kier molecular flexibility index (Phi) is 8.41. The number of hydrogen-bond acceptors (Lipinski definition) is 2. The summed E-state index contributed by atoms with van der Waals surface area (Å²) in [6.45, 7) is 2.21. The summed E-state index contributed by atoms with van der Waals surface area (Å²) < 4.78 is 0. The minimum absolute atomic E-state index is 0.200. The summed E-state index contributed by atoms with van der Waals surface area (Å²) in [7, 11) is 0. The summed E-state index contributed by atoms with van der Waals surface area (Å²) in [4.78, 5) is 22.8. The van der Waals surface area contributed by atoms with Crippen LogP contribution in [-0.2, 0) is 11.2 Å². The minimum atomic E-state index is -0.948. The molecule has 0 aliphatic carbocycles. The summed E-state index contributed by atoms with van der Waals surface area (Å²) in [5, 5.41) is 8.92. The van der Waals surface area contributed by atoms with Gasteiger partial charge in [0.1, 0.15) is 5.78 Å². The molecule has 0 heterocycles. The van der Waals surface area contributed by atoms with Gasteiger partial charge in [-0.05, 0) is 24.1 Å². The van der Waals surface area contributed by atoms with Crippen LogP contribution in [0.3, 0.4) is 0 Å². The van der Waals surface area contributed by atoms with Crippen molar-refractivity contribution in [2.75, 3.05) is 0 Å². The van der Waals surface area contributed by atoms with Crippen LogP contribution in [0.15, 0.2) is 24.3 Å². The molecule has 0 aliphatic heterocycles. The number of carbonyl (C=O) groups is 2. The van der Waals surface area contributed by atoms with E-state index in [1.54, 1.807) is 18.2 Å². The van der Waals surface area contributed by atoms with Gasteiger partial charge in [0.15, 0.2) is 0 Å². The molecule has 0 aliphatic rings. The first-order valence-corrected chi connectivity index (χ1v) is 7.97. The van der Waals surface area contributed by atoms with Gasteiger partial charge >= 0.3 is 5.97 Å². The fourth-order valence-corrected chi connectivity index (χ4v) is 2.41. The van der Waals surface area contributed by atoms with Gasteiger partial charge in [0.2, 0.25) is 0 Å². The monoisotopic (exact) mass is 290 g/mol. The van der Waals surface area contributed by atoms with E-state index < -0.39 is 5.97 Å². The number of Topliss-reactive ketones (excluding diaryl/α,β-unsaturated/α-hetero) is 1. The average Bonchev–Trinajstić information content (AvgIpc) is 2.46. The quantitative estimate of drug-likeness (QED) is 0.604. The molecule has 3 nitrogen and oxygen atoms in total. The Labute approximate surface area is 127 Å². The van der Waals surface area contributed by atoms with Gasteiger partial charge in [-0.1, -0.05) is 57.6 Å². The maximum Gasteiger partial charge on any atom is 0.335 e. The Morgan fingerprint density at radius 2 is 1.67 bits per heavy atom. The van der Waals surface area contributed by atoms with Crippen molar-refractivity contribution in [3.05, 3.63) is 35.4 Å². The third kappa shape index (κ3) is 7.64. The Hall–Kier alpha value is -1.64. The van der Waals surface area contributed by atoms with Crippen LogP contribution in [0, 0.1) is 0 Å². The van der Waals surface area contributed by atoms with E-state index in [4.69, 9.17) is 5.11 Å². The normalized spacial score (nSPS) is 10.5. The highest BCUT2D eigenvalue weighted by atomic mass is 16.4. The highest BCUT2D eigenvalue weighted by Gasteiger charge is 2.07. The second-order valence-corrected chi connectivity index (χ2v) is 5.59. The number of unbranched alkanes of at least 4 members (excludes halogenated alkanes) is 6. The lowest BCUT2D eigenvalue weighted by Gasteiger charge is -2.03. The second-order valence-electron chi connectivity index (χ2n) is 5.59. The number of aromatic carboxylic acids is 1. The van der Waals surface area contributed by atoms with Crippen LogP contribution in [0.2, 0.25) is 0 Å². The molecular weight excluding hydrogens is 264 g/mol. The molecule has 0 aromatic heterocycles. The van der Waals surface area contributed by atoms with E-state index in [9.17, 15) is 9.59 Å². The van der Waals surface area contributed by atoms with Gasteiger partial charge in [-0.2, -0.15) is 0 Å². The number of ketones is 1. The lowest BCUT2D eigenvalue weighted by molar-refractivity contribution is -0.118. The fourth-order valence-electron chi connectivity index (χ4n) is 2.41. The van der Waals surface area contributed by atoms with Crippen LogP contribution in [0.4, 0.5) is 0 Å². The highest BCUT2D eigenvalue weighted by Crippen LogP contribution is 2.11. The summed E-state index contributed by atoms with van der Waals surface area (Å²) >= 11 is 0. The summed E-state index contributed by atoms with van der Waals surface area (Å²) in [6, 6.07) is 6.65. The SMILES string of the molecule is CCCCCCCCCC(=O)Cc1cccc(C(=O)O)c1. The zero-order valence-electron chi connectivity index (χ0n) is 12.9. The molecule has 0 atom stereocenters. The zero-order valence-corrected chi connectivity index (χ0v) is 12.9. The molecule has 0 amide bonds. The Balaban J connectivity index is 2.21. The van der Waals surface area contributed by atoms with Gasteiger partial charge < -0.3 is 5.11 Å². The van der Waals surface area contributed by atoms with Crippen molar-refractivity contribution < 1.29 is 14.7 Å².